The molecular formula is C33H28N2O6S. The van der Waals surface area contributed by atoms with Crippen LogP contribution in [-0.2, 0) is 27.1 Å². The number of nitrogens with zero attached hydrogens (tertiary/aromatic N) is 1. The topological polar surface area (TPSA) is 108 Å². The van der Waals surface area contributed by atoms with Crippen LogP contribution in [0.4, 0.5) is 5.00 Å². The van der Waals surface area contributed by atoms with Gasteiger partial charge in [-0.2, -0.15) is 0 Å². The van der Waals surface area contributed by atoms with Crippen molar-refractivity contribution >= 4 is 45.3 Å². The summed E-state index contributed by atoms with van der Waals surface area (Å²) < 4.78 is 17.0. The molecule has 3 aromatic carbocycles. The van der Waals surface area contributed by atoms with E-state index in [2.05, 4.69) is 16.4 Å². The van der Waals surface area contributed by atoms with Crippen molar-refractivity contribution in [3.8, 4) is 21.9 Å². The number of hydrogen-bond donors (Lipinski definition) is 1. The van der Waals surface area contributed by atoms with E-state index in [9.17, 15) is 14.4 Å². The van der Waals surface area contributed by atoms with Crippen LogP contribution in [0, 0.1) is 0 Å². The first kappa shape index (κ1) is 27.4. The summed E-state index contributed by atoms with van der Waals surface area (Å²) in [6.45, 7) is 3.71. The number of ether oxygens (including phenoxy) is 2. The van der Waals surface area contributed by atoms with Gasteiger partial charge in [0.1, 0.15) is 10.5 Å². The number of carbonyl (C=O) groups is 3. The van der Waals surface area contributed by atoms with Crippen molar-refractivity contribution in [2.45, 2.75) is 39.2 Å². The fourth-order valence-corrected chi connectivity index (χ4v) is 6.49. The molecule has 0 saturated heterocycles. The summed E-state index contributed by atoms with van der Waals surface area (Å²) in [6, 6.07) is 22.2. The van der Waals surface area contributed by atoms with E-state index in [4.69, 9.17) is 13.9 Å². The van der Waals surface area contributed by atoms with Gasteiger partial charge in [-0.25, -0.2) is 14.6 Å². The van der Waals surface area contributed by atoms with E-state index in [-0.39, 0.29) is 24.5 Å². The Morgan fingerprint density at radius 3 is 2.45 bits per heavy atom. The number of rotatable bonds is 8. The fourth-order valence-electron chi connectivity index (χ4n) is 5.19. The number of nitrogens with one attached hydrogen (secondary N) is 1. The highest BCUT2D eigenvalue weighted by Crippen LogP contribution is 2.45. The summed E-state index contributed by atoms with van der Waals surface area (Å²) in [6.07, 6.45) is 0.571. The van der Waals surface area contributed by atoms with Crippen molar-refractivity contribution in [3.63, 3.8) is 0 Å². The maximum absolute atomic E-state index is 13.5. The molecule has 1 unspecified atom stereocenters. The normalized spacial score (nSPS) is 12.7. The van der Waals surface area contributed by atoms with Crippen molar-refractivity contribution in [1.29, 1.82) is 0 Å². The summed E-state index contributed by atoms with van der Waals surface area (Å²) in [7, 11) is 0. The second-order valence-electron chi connectivity index (χ2n) is 9.82. The summed E-state index contributed by atoms with van der Waals surface area (Å²) in [5.41, 5.74) is 5.42. The number of thiophene rings is 1. The highest BCUT2D eigenvalue weighted by molar-refractivity contribution is 7.20. The molecule has 5 aromatic rings. The van der Waals surface area contributed by atoms with Gasteiger partial charge in [-0.3, -0.25) is 4.79 Å². The fraction of sp³-hybridized carbons (Fsp3) is 0.212. The highest BCUT2D eigenvalue weighted by Gasteiger charge is 2.32. The Bertz CT molecular complexity index is 1790. The molecule has 0 fully saturated rings. The van der Waals surface area contributed by atoms with E-state index in [1.165, 1.54) is 16.9 Å². The summed E-state index contributed by atoms with van der Waals surface area (Å²) in [5.74, 6) is -1.41. The first-order chi connectivity index (χ1) is 20.5. The second-order valence-corrected chi connectivity index (χ2v) is 10.8. The summed E-state index contributed by atoms with van der Waals surface area (Å²) >= 11 is 1.34. The monoisotopic (exact) mass is 580 g/mol. The first-order valence-corrected chi connectivity index (χ1v) is 14.7. The SMILES string of the molecule is CCOC(=O)c1c(NC(=O)C(CC)OC(=O)c2ccccc2-c2nc3ccccc3o2)sc2c1CCc1ccccc1-2. The molecule has 0 radical (unpaired) electrons. The molecule has 0 aliphatic heterocycles. The van der Waals surface area contributed by atoms with Gasteiger partial charge < -0.3 is 19.2 Å². The number of para-hydroxylation sites is 2. The number of benzene rings is 3. The minimum absolute atomic E-state index is 0.210. The average Bonchev–Trinajstić information content (AvgIpc) is 3.61. The molecule has 0 saturated carbocycles. The molecule has 0 spiro atoms. The Balaban J connectivity index is 1.27. The molecule has 1 aliphatic carbocycles. The number of aryl methyl sites for hydroxylation is 1. The van der Waals surface area contributed by atoms with Crippen LogP contribution in [-0.4, -0.2) is 35.5 Å². The zero-order chi connectivity index (χ0) is 29.2. The molecule has 6 rings (SSSR count). The third-order valence-electron chi connectivity index (χ3n) is 7.21. The standard InChI is InChI=1S/C33H28N2O6S/c1-3-25(41-32(37)22-14-8-7-13-21(22)30-34-24-15-9-10-16-26(24)40-30)29(36)35-31-27(33(38)39-4-2)23-18-17-19-11-5-6-12-20(19)28(23)42-31/h5-16,25H,3-4,17-18H2,1-2H3,(H,35,36). The van der Waals surface area contributed by atoms with E-state index >= 15 is 0 Å². The number of anilines is 1. The third kappa shape index (κ3) is 5.07. The van der Waals surface area contributed by atoms with Gasteiger partial charge in [0.2, 0.25) is 5.89 Å². The predicted molar refractivity (Wildman–Crippen MR) is 161 cm³/mol. The average molecular weight is 581 g/mol. The Labute approximate surface area is 246 Å². The zero-order valence-corrected chi connectivity index (χ0v) is 24.0. The number of carbonyl (C=O) groups excluding carboxylic acids is 3. The van der Waals surface area contributed by atoms with Crippen molar-refractivity contribution in [1.82, 2.24) is 4.98 Å². The molecule has 212 valence electrons. The van der Waals surface area contributed by atoms with Crippen LogP contribution >= 0.6 is 11.3 Å². The van der Waals surface area contributed by atoms with E-state index in [1.54, 1.807) is 44.2 Å². The molecule has 0 bridgehead atoms. The zero-order valence-electron chi connectivity index (χ0n) is 23.1. The lowest BCUT2D eigenvalue weighted by molar-refractivity contribution is -0.124. The molecule has 1 atom stereocenters. The molecule has 2 heterocycles. The highest BCUT2D eigenvalue weighted by atomic mass is 32.1. The molecule has 1 N–H and O–H groups in total. The number of esters is 2. The smallest absolute Gasteiger partial charge is 0.341 e. The van der Waals surface area contributed by atoms with E-state index < -0.39 is 23.9 Å². The van der Waals surface area contributed by atoms with Crippen molar-refractivity contribution < 1.29 is 28.3 Å². The van der Waals surface area contributed by atoms with E-state index in [1.807, 2.05) is 36.4 Å². The molecule has 1 aliphatic rings. The largest absolute Gasteiger partial charge is 0.462 e. The third-order valence-corrected chi connectivity index (χ3v) is 8.39. The Hall–Kier alpha value is -4.76. The Morgan fingerprint density at radius 2 is 1.67 bits per heavy atom. The maximum atomic E-state index is 13.5. The maximum Gasteiger partial charge on any atom is 0.341 e. The van der Waals surface area contributed by atoms with Crippen LogP contribution in [0.2, 0.25) is 0 Å². The van der Waals surface area contributed by atoms with Crippen LogP contribution in [0.15, 0.2) is 77.2 Å². The van der Waals surface area contributed by atoms with Gasteiger partial charge >= 0.3 is 11.9 Å². The van der Waals surface area contributed by atoms with Crippen molar-refractivity contribution in [2.75, 3.05) is 11.9 Å². The van der Waals surface area contributed by atoms with Gasteiger partial charge in [-0.15, -0.1) is 11.3 Å². The van der Waals surface area contributed by atoms with E-state index in [0.717, 1.165) is 22.4 Å². The van der Waals surface area contributed by atoms with Crippen molar-refractivity contribution in [2.24, 2.45) is 0 Å². The molecule has 8 nitrogen and oxygen atoms in total. The molecule has 9 heteroatoms. The Kier molecular flexibility index (Phi) is 7.58. The van der Waals surface area contributed by atoms with Gasteiger partial charge in [0.25, 0.3) is 5.91 Å². The van der Waals surface area contributed by atoms with Crippen LogP contribution in [0.1, 0.15) is 52.1 Å². The summed E-state index contributed by atoms with van der Waals surface area (Å²) in [4.78, 5) is 45.4. The number of fused-ring (bicyclic) bond motifs is 4. The van der Waals surface area contributed by atoms with Gasteiger partial charge in [0.05, 0.1) is 23.3 Å². The minimum atomic E-state index is -1.10. The van der Waals surface area contributed by atoms with Crippen LogP contribution in [0.5, 0.6) is 0 Å². The molecular weight excluding hydrogens is 552 g/mol. The number of oxazole rings is 1. The quantitative estimate of drug-likeness (QED) is 0.196. The van der Waals surface area contributed by atoms with Crippen LogP contribution in [0.3, 0.4) is 0 Å². The Morgan fingerprint density at radius 1 is 0.929 bits per heavy atom. The lowest BCUT2D eigenvalue weighted by Crippen LogP contribution is -2.32. The number of hydrogen-bond acceptors (Lipinski definition) is 8. The second kappa shape index (κ2) is 11.6. The number of amides is 1. The van der Waals surface area contributed by atoms with Crippen LogP contribution < -0.4 is 5.32 Å². The molecule has 2 aromatic heterocycles. The lowest BCUT2D eigenvalue weighted by atomic mass is 9.89. The van der Waals surface area contributed by atoms with Gasteiger partial charge in [0, 0.05) is 4.88 Å². The van der Waals surface area contributed by atoms with Gasteiger partial charge in [0.15, 0.2) is 11.7 Å². The molecule has 42 heavy (non-hydrogen) atoms. The molecule has 1 amide bonds. The van der Waals surface area contributed by atoms with Gasteiger partial charge in [-0.1, -0.05) is 55.5 Å². The lowest BCUT2D eigenvalue weighted by Gasteiger charge is -2.17. The predicted octanol–water partition coefficient (Wildman–Crippen LogP) is 7.07. The summed E-state index contributed by atoms with van der Waals surface area (Å²) in [5, 5.41) is 3.27. The van der Waals surface area contributed by atoms with Crippen LogP contribution in [0.25, 0.3) is 33.0 Å². The van der Waals surface area contributed by atoms with Crippen molar-refractivity contribution in [3.05, 3.63) is 95.1 Å². The minimum Gasteiger partial charge on any atom is -0.462 e. The van der Waals surface area contributed by atoms with Gasteiger partial charge in [-0.05, 0) is 67.1 Å². The van der Waals surface area contributed by atoms with E-state index in [0.29, 0.717) is 33.6 Å². The number of aromatic nitrogens is 1. The first-order valence-electron chi connectivity index (χ1n) is 13.9.